The minimum absolute atomic E-state index is 0.0613. The number of anilines is 1. The molecule has 2 amide bonds. The van der Waals surface area contributed by atoms with E-state index in [2.05, 4.69) is 4.98 Å². The van der Waals surface area contributed by atoms with Gasteiger partial charge in [0.25, 0.3) is 5.69 Å². The van der Waals surface area contributed by atoms with Gasteiger partial charge in [-0.2, -0.15) is 0 Å². The van der Waals surface area contributed by atoms with Crippen molar-refractivity contribution in [2.75, 3.05) is 4.90 Å². The van der Waals surface area contributed by atoms with Gasteiger partial charge >= 0.3 is 0 Å². The van der Waals surface area contributed by atoms with Crippen molar-refractivity contribution in [2.45, 2.75) is 12.8 Å². The Morgan fingerprint density at radius 1 is 1.04 bits per heavy atom. The van der Waals surface area contributed by atoms with Gasteiger partial charge in [-0.15, -0.1) is 0 Å². The standard InChI is InChI=1S/C17H11N3O5/c21-15-7-8-16(22)19(15)11-3-1-10(2-4-11)17-18-13-9-12(20(23)24)5-6-14(13)25-17/h1-6,9H,7-8H2. The normalized spacial score (nSPS) is 14.5. The first-order chi connectivity index (χ1) is 12.0. The molecule has 1 aliphatic heterocycles. The Bertz CT molecular complexity index is 1010. The van der Waals surface area contributed by atoms with Gasteiger partial charge in [-0.05, 0) is 30.3 Å². The minimum atomic E-state index is -0.493. The largest absolute Gasteiger partial charge is 0.436 e. The van der Waals surface area contributed by atoms with Crippen molar-refractivity contribution >= 4 is 34.3 Å². The maximum atomic E-state index is 11.8. The highest BCUT2D eigenvalue weighted by Gasteiger charge is 2.30. The predicted molar refractivity (Wildman–Crippen MR) is 87.8 cm³/mol. The van der Waals surface area contributed by atoms with Gasteiger partial charge in [0.05, 0.1) is 10.6 Å². The Balaban J connectivity index is 1.68. The number of rotatable bonds is 3. The summed E-state index contributed by atoms with van der Waals surface area (Å²) in [5.41, 5.74) is 1.91. The van der Waals surface area contributed by atoms with Crippen LogP contribution in [-0.2, 0) is 9.59 Å². The maximum absolute atomic E-state index is 11.8. The molecular weight excluding hydrogens is 326 g/mol. The highest BCUT2D eigenvalue weighted by molar-refractivity contribution is 6.19. The van der Waals surface area contributed by atoms with Crippen LogP contribution in [0.4, 0.5) is 11.4 Å². The molecule has 3 aromatic rings. The SMILES string of the molecule is O=C1CCC(=O)N1c1ccc(-c2nc3cc([N+](=O)[O-])ccc3o2)cc1. The molecule has 1 aliphatic rings. The van der Waals surface area contributed by atoms with Gasteiger partial charge in [0.1, 0.15) is 5.52 Å². The molecule has 1 aromatic heterocycles. The summed E-state index contributed by atoms with van der Waals surface area (Å²) in [5, 5.41) is 10.8. The number of carbonyl (C=O) groups is 2. The number of benzene rings is 2. The molecule has 0 N–H and O–H groups in total. The Hall–Kier alpha value is -3.55. The summed E-state index contributed by atoms with van der Waals surface area (Å²) in [6.45, 7) is 0. The lowest BCUT2D eigenvalue weighted by Gasteiger charge is -2.13. The molecular formula is C17H11N3O5. The van der Waals surface area contributed by atoms with Crippen LogP contribution < -0.4 is 4.90 Å². The van der Waals surface area contributed by atoms with Crippen molar-refractivity contribution in [1.82, 2.24) is 4.98 Å². The number of nitro groups is 1. The molecule has 0 bridgehead atoms. The number of hydrogen-bond donors (Lipinski definition) is 0. The number of fused-ring (bicyclic) bond motifs is 1. The van der Waals surface area contributed by atoms with E-state index in [1.807, 2.05) is 0 Å². The van der Waals surface area contributed by atoms with E-state index >= 15 is 0 Å². The number of nitrogens with zero attached hydrogens (tertiary/aromatic N) is 3. The lowest BCUT2D eigenvalue weighted by molar-refractivity contribution is -0.384. The third-order valence-corrected chi connectivity index (χ3v) is 4.01. The Labute approximate surface area is 140 Å². The van der Waals surface area contributed by atoms with E-state index in [0.29, 0.717) is 28.2 Å². The molecule has 0 aliphatic carbocycles. The molecule has 8 heteroatoms. The first-order valence-corrected chi connectivity index (χ1v) is 7.54. The molecule has 4 rings (SSSR count). The number of aromatic nitrogens is 1. The van der Waals surface area contributed by atoms with Crippen LogP contribution in [0.25, 0.3) is 22.6 Å². The van der Waals surface area contributed by atoms with Gasteiger partial charge < -0.3 is 4.42 Å². The van der Waals surface area contributed by atoms with Crippen molar-refractivity contribution in [3.8, 4) is 11.5 Å². The summed E-state index contributed by atoms with van der Waals surface area (Å²) < 4.78 is 5.62. The lowest BCUT2D eigenvalue weighted by atomic mass is 10.2. The molecule has 0 saturated carbocycles. The van der Waals surface area contributed by atoms with Gasteiger partial charge in [0, 0.05) is 30.5 Å². The van der Waals surface area contributed by atoms with Gasteiger partial charge in [-0.1, -0.05) is 0 Å². The molecule has 124 valence electrons. The summed E-state index contributed by atoms with van der Waals surface area (Å²) in [5.74, 6) is -0.125. The number of imide groups is 1. The fraction of sp³-hybridized carbons (Fsp3) is 0.118. The van der Waals surface area contributed by atoms with Crippen LogP contribution in [0.3, 0.4) is 0 Å². The fourth-order valence-corrected chi connectivity index (χ4v) is 2.77. The molecule has 2 heterocycles. The Morgan fingerprint density at radius 2 is 1.72 bits per heavy atom. The van der Waals surface area contributed by atoms with Gasteiger partial charge in [-0.25, -0.2) is 4.98 Å². The topological polar surface area (TPSA) is 107 Å². The number of nitro benzene ring substituents is 1. The van der Waals surface area contributed by atoms with Crippen LogP contribution in [0.5, 0.6) is 0 Å². The van der Waals surface area contributed by atoms with Gasteiger partial charge in [0.2, 0.25) is 17.7 Å². The summed E-state index contributed by atoms with van der Waals surface area (Å²) in [6.07, 6.45) is 0.453. The quantitative estimate of drug-likeness (QED) is 0.413. The molecule has 25 heavy (non-hydrogen) atoms. The average molecular weight is 337 g/mol. The maximum Gasteiger partial charge on any atom is 0.271 e. The predicted octanol–water partition coefficient (Wildman–Crippen LogP) is 3.06. The van der Waals surface area contributed by atoms with Crippen molar-refractivity contribution in [3.63, 3.8) is 0 Å². The Morgan fingerprint density at radius 3 is 2.36 bits per heavy atom. The highest BCUT2D eigenvalue weighted by Crippen LogP contribution is 2.29. The molecule has 0 radical (unpaired) electrons. The number of amides is 2. The van der Waals surface area contributed by atoms with Gasteiger partial charge in [-0.3, -0.25) is 24.6 Å². The number of non-ortho nitro benzene ring substituents is 1. The molecule has 0 spiro atoms. The van der Waals surface area contributed by atoms with Gasteiger partial charge in [0.15, 0.2) is 5.58 Å². The molecule has 0 unspecified atom stereocenters. The smallest absolute Gasteiger partial charge is 0.271 e. The van der Waals surface area contributed by atoms with E-state index in [1.54, 1.807) is 24.3 Å². The van der Waals surface area contributed by atoms with Crippen LogP contribution in [0.1, 0.15) is 12.8 Å². The zero-order chi connectivity index (χ0) is 17.6. The first kappa shape index (κ1) is 15.0. The molecule has 0 atom stereocenters. The second-order valence-electron chi connectivity index (χ2n) is 5.60. The van der Waals surface area contributed by atoms with Crippen LogP contribution >= 0.6 is 0 Å². The second-order valence-corrected chi connectivity index (χ2v) is 5.60. The van der Waals surface area contributed by atoms with Crippen LogP contribution in [-0.4, -0.2) is 21.7 Å². The lowest BCUT2D eigenvalue weighted by Crippen LogP contribution is -2.28. The third-order valence-electron chi connectivity index (χ3n) is 4.01. The van der Waals surface area contributed by atoms with Crippen molar-refractivity contribution in [3.05, 3.63) is 52.6 Å². The van der Waals surface area contributed by atoms with E-state index in [1.165, 1.54) is 23.1 Å². The zero-order valence-electron chi connectivity index (χ0n) is 12.8. The highest BCUT2D eigenvalue weighted by atomic mass is 16.6. The monoisotopic (exact) mass is 337 g/mol. The number of oxazole rings is 1. The molecule has 8 nitrogen and oxygen atoms in total. The minimum Gasteiger partial charge on any atom is -0.436 e. The van der Waals surface area contributed by atoms with Crippen molar-refractivity contribution < 1.29 is 18.9 Å². The summed E-state index contributed by atoms with van der Waals surface area (Å²) in [7, 11) is 0. The number of hydrogen-bond acceptors (Lipinski definition) is 6. The van der Waals surface area contributed by atoms with E-state index in [-0.39, 0.29) is 30.3 Å². The van der Waals surface area contributed by atoms with Crippen LogP contribution in [0, 0.1) is 10.1 Å². The van der Waals surface area contributed by atoms with E-state index in [4.69, 9.17) is 4.42 Å². The number of carbonyl (C=O) groups excluding carboxylic acids is 2. The third kappa shape index (κ3) is 2.53. The van der Waals surface area contributed by atoms with Crippen molar-refractivity contribution in [1.29, 1.82) is 0 Å². The second kappa shape index (κ2) is 5.52. The fourth-order valence-electron chi connectivity index (χ4n) is 2.77. The summed E-state index contributed by atoms with van der Waals surface area (Å²) in [6, 6.07) is 10.9. The molecule has 2 aromatic carbocycles. The van der Waals surface area contributed by atoms with Crippen LogP contribution in [0.15, 0.2) is 46.9 Å². The summed E-state index contributed by atoms with van der Waals surface area (Å²) >= 11 is 0. The average Bonchev–Trinajstić information content (AvgIpc) is 3.17. The van der Waals surface area contributed by atoms with Crippen molar-refractivity contribution in [2.24, 2.45) is 0 Å². The molecule has 1 fully saturated rings. The molecule has 1 saturated heterocycles. The van der Waals surface area contributed by atoms with E-state index in [0.717, 1.165) is 0 Å². The van der Waals surface area contributed by atoms with E-state index in [9.17, 15) is 19.7 Å². The zero-order valence-corrected chi connectivity index (χ0v) is 12.8. The van der Waals surface area contributed by atoms with E-state index < -0.39 is 4.92 Å². The first-order valence-electron chi connectivity index (χ1n) is 7.54. The summed E-state index contributed by atoms with van der Waals surface area (Å²) in [4.78, 5) is 39.3. The Kier molecular flexibility index (Phi) is 3.31. The van der Waals surface area contributed by atoms with Crippen LogP contribution in [0.2, 0.25) is 0 Å².